The first kappa shape index (κ1) is 16.7. The number of anilines is 1. The number of hydrogen-bond donors (Lipinski definition) is 1. The van der Waals surface area contributed by atoms with Gasteiger partial charge >= 0.3 is 0 Å². The van der Waals surface area contributed by atoms with Gasteiger partial charge in [-0.3, -0.25) is 0 Å². The molecule has 2 N–H and O–H groups in total. The fraction of sp³-hybridized carbons (Fsp3) is 0.538. The normalized spacial score (nSPS) is 18.0. The minimum absolute atomic E-state index is 0.0188. The van der Waals surface area contributed by atoms with Crippen LogP contribution in [-0.2, 0) is 10.0 Å². The molecule has 118 valence electrons. The molecule has 1 saturated heterocycles. The van der Waals surface area contributed by atoms with Crippen molar-refractivity contribution in [1.82, 2.24) is 9.21 Å². The lowest BCUT2D eigenvalue weighted by molar-refractivity contribution is 0.188. The Morgan fingerprint density at radius 2 is 1.90 bits per heavy atom. The second-order valence-electron chi connectivity index (χ2n) is 5.05. The number of hydrogen-bond acceptors (Lipinski definition) is 4. The van der Waals surface area contributed by atoms with Gasteiger partial charge in [0, 0.05) is 30.7 Å². The SMILES string of the molecule is CCCN1CCN(S(=O)(=O)c2cc(N)c(F)cc2Br)CC1. The molecule has 0 aliphatic carbocycles. The summed E-state index contributed by atoms with van der Waals surface area (Å²) in [5.74, 6) is -0.631. The molecule has 0 radical (unpaired) electrons. The van der Waals surface area contributed by atoms with E-state index in [4.69, 9.17) is 5.73 Å². The molecular weight excluding hydrogens is 361 g/mol. The molecule has 1 aliphatic heterocycles. The van der Waals surface area contributed by atoms with Crippen molar-refractivity contribution in [2.75, 3.05) is 38.5 Å². The summed E-state index contributed by atoms with van der Waals surface area (Å²) < 4.78 is 40.3. The smallest absolute Gasteiger partial charge is 0.244 e. The van der Waals surface area contributed by atoms with Gasteiger partial charge in [-0.25, -0.2) is 12.8 Å². The number of piperazine rings is 1. The van der Waals surface area contributed by atoms with Crippen LogP contribution in [0.5, 0.6) is 0 Å². The second-order valence-corrected chi connectivity index (χ2v) is 7.81. The minimum atomic E-state index is -3.66. The molecule has 0 atom stereocenters. The highest BCUT2D eigenvalue weighted by Gasteiger charge is 2.30. The van der Waals surface area contributed by atoms with Crippen LogP contribution in [-0.4, -0.2) is 50.3 Å². The van der Waals surface area contributed by atoms with Crippen molar-refractivity contribution in [3.8, 4) is 0 Å². The van der Waals surface area contributed by atoms with Crippen molar-refractivity contribution in [2.24, 2.45) is 0 Å². The Balaban J connectivity index is 2.22. The zero-order valence-corrected chi connectivity index (χ0v) is 14.3. The average molecular weight is 380 g/mol. The van der Waals surface area contributed by atoms with E-state index in [2.05, 4.69) is 27.8 Å². The Labute approximate surface area is 133 Å². The Hall–Kier alpha value is -0.700. The molecule has 1 fully saturated rings. The fourth-order valence-corrected chi connectivity index (χ4v) is 4.82. The van der Waals surface area contributed by atoms with Gasteiger partial charge in [0.05, 0.1) is 10.6 Å². The number of sulfonamides is 1. The summed E-state index contributed by atoms with van der Waals surface area (Å²) >= 11 is 3.11. The van der Waals surface area contributed by atoms with E-state index >= 15 is 0 Å². The van der Waals surface area contributed by atoms with Crippen LogP contribution in [0.2, 0.25) is 0 Å². The van der Waals surface area contributed by atoms with Crippen LogP contribution in [0.25, 0.3) is 0 Å². The van der Waals surface area contributed by atoms with Gasteiger partial charge < -0.3 is 10.6 Å². The van der Waals surface area contributed by atoms with Gasteiger partial charge in [-0.2, -0.15) is 4.31 Å². The molecular formula is C13H19BrFN3O2S. The molecule has 0 bridgehead atoms. The van der Waals surface area contributed by atoms with Crippen molar-refractivity contribution in [2.45, 2.75) is 18.2 Å². The van der Waals surface area contributed by atoms with Gasteiger partial charge in [0.25, 0.3) is 0 Å². The van der Waals surface area contributed by atoms with E-state index in [-0.39, 0.29) is 15.1 Å². The quantitative estimate of drug-likeness (QED) is 0.811. The van der Waals surface area contributed by atoms with Gasteiger partial charge in [0.15, 0.2) is 0 Å². The maximum atomic E-state index is 13.4. The third kappa shape index (κ3) is 3.56. The average Bonchev–Trinajstić information content (AvgIpc) is 2.43. The minimum Gasteiger partial charge on any atom is -0.396 e. The summed E-state index contributed by atoms with van der Waals surface area (Å²) in [6.07, 6.45) is 1.05. The first-order valence-electron chi connectivity index (χ1n) is 6.83. The first-order chi connectivity index (χ1) is 9.86. The lowest BCUT2D eigenvalue weighted by Crippen LogP contribution is -2.48. The molecule has 21 heavy (non-hydrogen) atoms. The van der Waals surface area contributed by atoms with Crippen LogP contribution in [0.3, 0.4) is 0 Å². The standard InChI is InChI=1S/C13H19BrFN3O2S/c1-2-3-17-4-6-18(7-5-17)21(19,20)13-9-12(16)11(15)8-10(13)14/h8-9H,2-7,16H2,1H3. The summed E-state index contributed by atoms with van der Waals surface area (Å²) in [6, 6.07) is 2.27. The molecule has 0 amide bonds. The van der Waals surface area contributed by atoms with Crippen LogP contribution in [0.15, 0.2) is 21.5 Å². The van der Waals surface area contributed by atoms with Crippen molar-refractivity contribution in [1.29, 1.82) is 0 Å². The zero-order valence-electron chi connectivity index (χ0n) is 11.8. The molecule has 5 nitrogen and oxygen atoms in total. The fourth-order valence-electron chi connectivity index (χ4n) is 2.39. The lowest BCUT2D eigenvalue weighted by atomic mass is 10.3. The van der Waals surface area contributed by atoms with E-state index in [9.17, 15) is 12.8 Å². The largest absolute Gasteiger partial charge is 0.396 e. The monoisotopic (exact) mass is 379 g/mol. The molecule has 1 aromatic carbocycles. The van der Waals surface area contributed by atoms with Crippen LogP contribution < -0.4 is 5.73 Å². The molecule has 1 aliphatic rings. The van der Waals surface area contributed by atoms with Crippen LogP contribution in [0.1, 0.15) is 13.3 Å². The Bertz CT molecular complexity index is 616. The van der Waals surface area contributed by atoms with E-state index in [0.717, 1.165) is 19.0 Å². The van der Waals surface area contributed by atoms with Crippen LogP contribution >= 0.6 is 15.9 Å². The summed E-state index contributed by atoms with van der Waals surface area (Å²) in [5.41, 5.74) is 5.32. The highest BCUT2D eigenvalue weighted by molar-refractivity contribution is 9.10. The summed E-state index contributed by atoms with van der Waals surface area (Å²) in [6.45, 7) is 5.36. The summed E-state index contributed by atoms with van der Waals surface area (Å²) in [4.78, 5) is 2.26. The van der Waals surface area contributed by atoms with Crippen molar-refractivity contribution < 1.29 is 12.8 Å². The van der Waals surface area contributed by atoms with E-state index in [0.29, 0.717) is 26.2 Å². The Morgan fingerprint density at radius 1 is 1.29 bits per heavy atom. The number of benzene rings is 1. The molecule has 1 aromatic rings. The molecule has 0 saturated carbocycles. The molecule has 8 heteroatoms. The number of rotatable bonds is 4. The van der Waals surface area contributed by atoms with Crippen molar-refractivity contribution >= 4 is 31.6 Å². The highest BCUT2D eigenvalue weighted by Crippen LogP contribution is 2.29. The number of nitrogen functional groups attached to an aromatic ring is 1. The van der Waals surface area contributed by atoms with Gasteiger partial charge in [-0.1, -0.05) is 6.92 Å². The molecule has 0 spiro atoms. The third-order valence-electron chi connectivity index (χ3n) is 3.54. The van der Waals surface area contributed by atoms with E-state index in [1.165, 1.54) is 10.4 Å². The lowest BCUT2D eigenvalue weighted by Gasteiger charge is -2.33. The molecule has 2 rings (SSSR count). The molecule has 0 aromatic heterocycles. The molecule has 1 heterocycles. The maximum Gasteiger partial charge on any atom is 0.244 e. The topological polar surface area (TPSA) is 66.6 Å². The summed E-state index contributed by atoms with van der Waals surface area (Å²) in [5, 5.41) is 0. The second kappa shape index (κ2) is 6.60. The van der Waals surface area contributed by atoms with E-state index < -0.39 is 15.8 Å². The third-order valence-corrected chi connectivity index (χ3v) is 6.40. The van der Waals surface area contributed by atoms with Gasteiger partial charge in [0.2, 0.25) is 10.0 Å². The van der Waals surface area contributed by atoms with E-state index in [1.807, 2.05) is 0 Å². The van der Waals surface area contributed by atoms with Crippen LogP contribution in [0, 0.1) is 5.82 Å². The van der Waals surface area contributed by atoms with Gasteiger partial charge in [-0.15, -0.1) is 0 Å². The highest BCUT2D eigenvalue weighted by atomic mass is 79.9. The number of halogens is 2. The predicted octanol–water partition coefficient (Wildman–Crippen LogP) is 1.89. The number of nitrogens with zero attached hydrogens (tertiary/aromatic N) is 2. The van der Waals surface area contributed by atoms with Crippen LogP contribution in [0.4, 0.5) is 10.1 Å². The van der Waals surface area contributed by atoms with Crippen molar-refractivity contribution in [3.05, 3.63) is 22.4 Å². The Morgan fingerprint density at radius 3 is 2.48 bits per heavy atom. The van der Waals surface area contributed by atoms with Gasteiger partial charge in [-0.05, 0) is 41.0 Å². The predicted molar refractivity (Wildman–Crippen MR) is 84.0 cm³/mol. The molecule has 0 unspecified atom stereocenters. The van der Waals surface area contributed by atoms with E-state index in [1.54, 1.807) is 0 Å². The Kier molecular flexibility index (Phi) is 5.24. The van der Waals surface area contributed by atoms with Crippen molar-refractivity contribution in [3.63, 3.8) is 0 Å². The van der Waals surface area contributed by atoms with Gasteiger partial charge in [0.1, 0.15) is 5.82 Å². The summed E-state index contributed by atoms with van der Waals surface area (Å²) in [7, 11) is -3.66. The zero-order chi connectivity index (χ0) is 15.6. The first-order valence-corrected chi connectivity index (χ1v) is 9.06. The number of nitrogens with two attached hydrogens (primary N) is 1. The maximum absolute atomic E-state index is 13.4.